The Bertz CT molecular complexity index is 1420. The minimum atomic E-state index is -1.58. The molecule has 0 radical (unpaired) electrons. The van der Waals surface area contributed by atoms with E-state index < -0.39 is 47.4 Å². The highest BCUT2D eigenvalue weighted by Gasteiger charge is 2.62. The number of halogens is 1. The van der Waals surface area contributed by atoms with E-state index in [1.807, 2.05) is 49.2 Å². The zero-order valence-electron chi connectivity index (χ0n) is 20.8. The number of carbonyl (C=O) groups excluding carboxylic acids is 3. The van der Waals surface area contributed by atoms with Gasteiger partial charge in [0.25, 0.3) is 0 Å². The van der Waals surface area contributed by atoms with Gasteiger partial charge in [-0.1, -0.05) is 35.5 Å². The zero-order chi connectivity index (χ0) is 26.1. The fourth-order valence-electron chi connectivity index (χ4n) is 6.34. The van der Waals surface area contributed by atoms with E-state index in [1.54, 1.807) is 17.9 Å². The molecular weight excluding hydrogens is 479 g/mol. The van der Waals surface area contributed by atoms with Crippen LogP contribution in [0.5, 0.6) is 0 Å². The Morgan fingerprint density at radius 2 is 1.97 bits per heavy atom. The maximum atomic E-state index is 16.2. The molecule has 2 fully saturated rings. The van der Waals surface area contributed by atoms with Gasteiger partial charge in [0.15, 0.2) is 17.4 Å². The monoisotopic (exact) mass is 506 g/mol. The van der Waals surface area contributed by atoms with Crippen LogP contribution in [0.2, 0.25) is 0 Å². The van der Waals surface area contributed by atoms with Crippen LogP contribution in [-0.4, -0.2) is 54.6 Å². The summed E-state index contributed by atoms with van der Waals surface area (Å²) < 4.78 is 27.8. The third-order valence-electron chi connectivity index (χ3n) is 7.78. The van der Waals surface area contributed by atoms with Crippen molar-refractivity contribution in [3.8, 4) is 0 Å². The molecule has 37 heavy (non-hydrogen) atoms. The molecule has 1 aromatic heterocycles. The minimum Gasteiger partial charge on any atom is -0.372 e. The average molecular weight is 507 g/mol. The summed E-state index contributed by atoms with van der Waals surface area (Å²) in [5.41, 5.74) is 0.277. The Labute approximate surface area is 212 Å². The van der Waals surface area contributed by atoms with Crippen LogP contribution in [0, 0.1) is 11.2 Å². The maximum Gasteiger partial charge on any atom is 0.242 e. The molecule has 0 aliphatic carbocycles. The highest BCUT2D eigenvalue weighted by molar-refractivity contribution is 6.22. The summed E-state index contributed by atoms with van der Waals surface area (Å²) in [5, 5.41) is 6.99. The molecule has 4 atom stereocenters. The molecule has 192 valence electrons. The molecule has 2 amide bonds. The largest absolute Gasteiger partial charge is 0.372 e. The number of nitrogens with zero attached hydrogens (tertiary/aromatic N) is 3. The third-order valence-corrected chi connectivity index (χ3v) is 7.78. The SMILES string of the molecule is C[C@@H]1CN2c3c(cc4c(N(C)Cc5ccccc5)noc4c3F)CC3(C(=O)CC(=O)NC3=O)[C@H]2[C@H](C)O1. The first-order chi connectivity index (χ1) is 17.7. The second-order valence-corrected chi connectivity index (χ2v) is 10.3. The molecule has 9 nitrogen and oxygen atoms in total. The van der Waals surface area contributed by atoms with Crippen molar-refractivity contribution in [3.63, 3.8) is 0 Å². The third kappa shape index (κ3) is 3.46. The molecule has 10 heteroatoms. The van der Waals surface area contributed by atoms with E-state index in [-0.39, 0.29) is 30.3 Å². The summed E-state index contributed by atoms with van der Waals surface area (Å²) in [5.74, 6) is -1.89. The molecule has 1 N–H and O–H groups in total. The Morgan fingerprint density at radius 3 is 2.70 bits per heavy atom. The summed E-state index contributed by atoms with van der Waals surface area (Å²) in [4.78, 5) is 42.5. The number of aromatic nitrogens is 1. The fourth-order valence-corrected chi connectivity index (χ4v) is 6.34. The number of ketones is 1. The van der Waals surface area contributed by atoms with Crippen LogP contribution in [0.3, 0.4) is 0 Å². The van der Waals surface area contributed by atoms with Crippen molar-refractivity contribution in [3.05, 3.63) is 53.3 Å². The first kappa shape index (κ1) is 23.6. The smallest absolute Gasteiger partial charge is 0.242 e. The van der Waals surface area contributed by atoms with Crippen molar-refractivity contribution in [1.82, 2.24) is 10.5 Å². The van der Waals surface area contributed by atoms with Gasteiger partial charge in [0.1, 0.15) is 5.41 Å². The molecule has 3 aliphatic rings. The van der Waals surface area contributed by atoms with E-state index in [0.29, 0.717) is 23.3 Å². The summed E-state index contributed by atoms with van der Waals surface area (Å²) in [7, 11) is 1.84. The Morgan fingerprint density at radius 1 is 1.22 bits per heavy atom. The predicted molar refractivity (Wildman–Crippen MR) is 133 cm³/mol. The number of hydrogen-bond donors (Lipinski definition) is 1. The molecule has 6 rings (SSSR count). The van der Waals surface area contributed by atoms with Crippen molar-refractivity contribution in [2.45, 2.75) is 51.5 Å². The lowest BCUT2D eigenvalue weighted by Crippen LogP contribution is -2.72. The summed E-state index contributed by atoms with van der Waals surface area (Å²) in [6, 6.07) is 10.8. The number of imide groups is 1. The van der Waals surface area contributed by atoms with Crippen LogP contribution in [0.1, 0.15) is 31.4 Å². The second-order valence-electron chi connectivity index (χ2n) is 10.3. The molecule has 4 heterocycles. The first-order valence-electron chi connectivity index (χ1n) is 12.4. The van der Waals surface area contributed by atoms with Gasteiger partial charge in [-0.15, -0.1) is 0 Å². The zero-order valence-corrected chi connectivity index (χ0v) is 20.8. The quantitative estimate of drug-likeness (QED) is 0.427. The number of hydrogen-bond acceptors (Lipinski definition) is 8. The Hall–Kier alpha value is -3.79. The van der Waals surface area contributed by atoms with Crippen LogP contribution in [0.15, 0.2) is 40.9 Å². The molecule has 1 spiro atoms. The standard InChI is InChI=1S/C27H27FN4O5/c1-14-12-32-22-17(11-27(24(32)15(2)36-14)19(33)10-20(34)29-26(27)35)9-18-23(21(22)28)37-30-25(18)31(3)13-16-7-5-4-6-8-16/h4-9,14-15,24H,10-13H2,1-3H3,(H,29,34,35)/t14-,15+,24-,27?/m1/s1. The lowest BCUT2D eigenvalue weighted by molar-refractivity contribution is -0.158. The van der Waals surface area contributed by atoms with Crippen LogP contribution < -0.4 is 15.1 Å². The van der Waals surface area contributed by atoms with Gasteiger partial charge in [-0.3, -0.25) is 19.7 Å². The Balaban J connectivity index is 1.51. The first-order valence-corrected chi connectivity index (χ1v) is 12.4. The van der Waals surface area contributed by atoms with Crippen LogP contribution >= 0.6 is 0 Å². The number of piperidine rings is 1. The van der Waals surface area contributed by atoms with Crippen molar-refractivity contribution in [1.29, 1.82) is 0 Å². The van der Waals surface area contributed by atoms with E-state index >= 15 is 4.39 Å². The summed E-state index contributed by atoms with van der Waals surface area (Å²) in [6.07, 6.45) is -1.28. The number of carbonyl (C=O) groups is 3. The topological polar surface area (TPSA) is 105 Å². The van der Waals surface area contributed by atoms with Gasteiger partial charge in [0.05, 0.1) is 35.7 Å². The van der Waals surface area contributed by atoms with E-state index in [2.05, 4.69) is 10.5 Å². The summed E-state index contributed by atoms with van der Waals surface area (Å²) in [6.45, 7) is 4.43. The van der Waals surface area contributed by atoms with Crippen LogP contribution in [0.25, 0.3) is 11.0 Å². The number of rotatable bonds is 3. The van der Waals surface area contributed by atoms with Crippen molar-refractivity contribution < 1.29 is 28.0 Å². The number of Topliss-reactive ketones (excluding diaryl/α,β-unsaturated/α-hetero) is 1. The lowest BCUT2D eigenvalue weighted by atomic mass is 9.63. The molecule has 3 aliphatic heterocycles. The Kier molecular flexibility index (Phi) is 5.34. The van der Waals surface area contributed by atoms with Gasteiger partial charge >= 0.3 is 0 Å². The molecule has 0 bridgehead atoms. The molecule has 2 aromatic carbocycles. The van der Waals surface area contributed by atoms with Gasteiger partial charge in [-0.2, -0.15) is 0 Å². The van der Waals surface area contributed by atoms with Crippen molar-refractivity contribution in [2.24, 2.45) is 5.41 Å². The summed E-state index contributed by atoms with van der Waals surface area (Å²) >= 11 is 0. The molecular formula is C27H27FN4O5. The number of fused-ring (bicyclic) bond motifs is 5. The molecule has 1 unspecified atom stereocenters. The maximum absolute atomic E-state index is 16.2. The van der Waals surface area contributed by atoms with Gasteiger partial charge in [0.2, 0.25) is 17.4 Å². The average Bonchev–Trinajstić information content (AvgIpc) is 3.27. The van der Waals surface area contributed by atoms with Gasteiger partial charge in [-0.05, 0) is 37.5 Å². The van der Waals surface area contributed by atoms with E-state index in [4.69, 9.17) is 9.26 Å². The lowest BCUT2D eigenvalue weighted by Gasteiger charge is -2.55. The number of benzene rings is 2. The molecule has 0 saturated carbocycles. The van der Waals surface area contributed by atoms with Crippen molar-refractivity contribution >= 4 is 40.1 Å². The van der Waals surface area contributed by atoms with Crippen molar-refractivity contribution in [2.75, 3.05) is 23.4 Å². The van der Waals surface area contributed by atoms with E-state index in [1.165, 1.54) is 0 Å². The van der Waals surface area contributed by atoms with Crippen LogP contribution in [0.4, 0.5) is 15.9 Å². The number of ether oxygens (including phenoxy) is 1. The molecule has 2 saturated heterocycles. The number of morpholine rings is 1. The number of nitrogens with one attached hydrogen (secondary N) is 1. The van der Waals surface area contributed by atoms with E-state index in [0.717, 1.165) is 5.56 Å². The normalized spacial score (nSPS) is 27.3. The van der Waals surface area contributed by atoms with Gasteiger partial charge in [-0.25, -0.2) is 4.39 Å². The molecule has 3 aromatic rings. The highest BCUT2D eigenvalue weighted by Crippen LogP contribution is 2.50. The number of amides is 2. The van der Waals surface area contributed by atoms with Gasteiger partial charge < -0.3 is 19.1 Å². The van der Waals surface area contributed by atoms with Crippen LogP contribution in [-0.2, 0) is 32.1 Å². The minimum absolute atomic E-state index is 0.0183. The number of anilines is 2. The predicted octanol–water partition coefficient (Wildman–Crippen LogP) is 2.74. The van der Waals surface area contributed by atoms with Gasteiger partial charge in [0, 0.05) is 20.1 Å². The fraction of sp³-hybridized carbons (Fsp3) is 0.407. The second kappa shape index (κ2) is 8.37. The van der Waals surface area contributed by atoms with E-state index in [9.17, 15) is 14.4 Å². The highest BCUT2D eigenvalue weighted by atomic mass is 19.1.